The molecule has 1 rings (SSSR count). The minimum Gasteiger partial charge on any atom is -0.466 e. The molecule has 5 heteroatoms. The molecule has 0 fully saturated rings. The summed E-state index contributed by atoms with van der Waals surface area (Å²) >= 11 is 0. The van der Waals surface area contributed by atoms with Gasteiger partial charge in [0.05, 0.1) is 5.56 Å². The first-order chi connectivity index (χ1) is 10.5. The van der Waals surface area contributed by atoms with Gasteiger partial charge < -0.3 is 14.6 Å². The molecule has 0 aromatic carbocycles. The van der Waals surface area contributed by atoms with Crippen LogP contribution in [-0.4, -0.2) is 36.3 Å². The highest BCUT2D eigenvalue weighted by Gasteiger charge is 2.19. The van der Waals surface area contributed by atoms with Gasteiger partial charge in [-0.2, -0.15) is 0 Å². The highest BCUT2D eigenvalue weighted by molar-refractivity contribution is 5.95. The monoisotopic (exact) mass is 308 g/mol. The van der Waals surface area contributed by atoms with Crippen molar-refractivity contribution in [2.75, 3.05) is 19.6 Å². The number of nitrogens with one attached hydrogen (secondary N) is 1. The highest BCUT2D eigenvalue weighted by atomic mass is 16.3. The van der Waals surface area contributed by atoms with Crippen molar-refractivity contribution < 1.29 is 14.0 Å². The summed E-state index contributed by atoms with van der Waals surface area (Å²) in [5.74, 6) is 1.29. The van der Waals surface area contributed by atoms with Crippen LogP contribution in [-0.2, 0) is 4.79 Å². The van der Waals surface area contributed by atoms with Crippen LogP contribution in [0.25, 0.3) is 0 Å². The number of amides is 2. The Morgan fingerprint density at radius 2 is 1.95 bits per heavy atom. The van der Waals surface area contributed by atoms with E-state index in [4.69, 9.17) is 4.42 Å². The highest BCUT2D eigenvalue weighted by Crippen LogP contribution is 2.16. The molecule has 0 atom stereocenters. The van der Waals surface area contributed by atoms with E-state index in [1.807, 2.05) is 13.8 Å². The van der Waals surface area contributed by atoms with Gasteiger partial charge in [0.2, 0.25) is 5.91 Å². The first kappa shape index (κ1) is 18.3. The van der Waals surface area contributed by atoms with Crippen LogP contribution >= 0.6 is 0 Å². The van der Waals surface area contributed by atoms with Gasteiger partial charge in [0.1, 0.15) is 11.5 Å². The molecule has 0 unspecified atom stereocenters. The molecule has 0 aliphatic rings. The summed E-state index contributed by atoms with van der Waals surface area (Å²) in [6, 6.07) is 1.76. The number of furan rings is 1. The van der Waals surface area contributed by atoms with Crippen LogP contribution in [0.3, 0.4) is 0 Å². The molecule has 0 saturated heterocycles. The summed E-state index contributed by atoms with van der Waals surface area (Å²) in [4.78, 5) is 25.9. The van der Waals surface area contributed by atoms with Gasteiger partial charge in [-0.1, -0.05) is 19.8 Å². The van der Waals surface area contributed by atoms with Crippen molar-refractivity contribution in [3.8, 4) is 0 Å². The van der Waals surface area contributed by atoms with Crippen LogP contribution < -0.4 is 5.32 Å². The Morgan fingerprint density at radius 1 is 1.23 bits per heavy atom. The van der Waals surface area contributed by atoms with Gasteiger partial charge >= 0.3 is 0 Å². The quantitative estimate of drug-likeness (QED) is 0.713. The minimum atomic E-state index is -0.0735. The van der Waals surface area contributed by atoms with E-state index in [0.717, 1.165) is 25.0 Å². The molecule has 0 spiro atoms. The van der Waals surface area contributed by atoms with Gasteiger partial charge in [-0.05, 0) is 33.3 Å². The molecule has 0 aliphatic carbocycles. The molecule has 1 N–H and O–H groups in total. The summed E-state index contributed by atoms with van der Waals surface area (Å²) in [5, 5.41) is 2.90. The van der Waals surface area contributed by atoms with Gasteiger partial charge in [-0.15, -0.1) is 0 Å². The number of aryl methyl sites for hydroxylation is 2. The smallest absolute Gasteiger partial charge is 0.257 e. The lowest BCUT2D eigenvalue weighted by molar-refractivity contribution is -0.121. The molecular weight excluding hydrogens is 280 g/mol. The zero-order valence-electron chi connectivity index (χ0n) is 14.2. The summed E-state index contributed by atoms with van der Waals surface area (Å²) in [5.41, 5.74) is 0.586. The summed E-state index contributed by atoms with van der Waals surface area (Å²) in [6.45, 7) is 9.38. The molecule has 0 bridgehead atoms. The van der Waals surface area contributed by atoms with Crippen molar-refractivity contribution in [2.45, 2.75) is 53.4 Å². The second kappa shape index (κ2) is 9.28. The van der Waals surface area contributed by atoms with Crippen molar-refractivity contribution in [2.24, 2.45) is 0 Å². The van der Waals surface area contributed by atoms with Gasteiger partial charge in [0.25, 0.3) is 5.91 Å². The number of unbranched alkanes of at least 4 members (excludes halogenated alkanes) is 2. The lowest BCUT2D eigenvalue weighted by atomic mass is 10.2. The standard InChI is InChI=1S/C17H28N2O3/c1-5-7-8-10-18-16(20)9-11-19(6-2)17(21)15-12-13(3)22-14(15)4/h12H,5-11H2,1-4H3,(H,18,20). The van der Waals surface area contributed by atoms with Gasteiger partial charge in [-0.25, -0.2) is 0 Å². The third kappa shape index (κ3) is 5.54. The maximum Gasteiger partial charge on any atom is 0.257 e. The largest absolute Gasteiger partial charge is 0.466 e. The Hall–Kier alpha value is -1.78. The molecule has 1 aromatic rings. The second-order valence-electron chi connectivity index (χ2n) is 5.52. The van der Waals surface area contributed by atoms with E-state index >= 15 is 0 Å². The number of rotatable bonds is 9. The Balaban J connectivity index is 2.46. The topological polar surface area (TPSA) is 62.6 Å². The number of carbonyl (C=O) groups excluding carboxylic acids is 2. The lowest BCUT2D eigenvalue weighted by Crippen LogP contribution is -2.35. The third-order valence-corrected chi connectivity index (χ3v) is 3.65. The SMILES string of the molecule is CCCCCNC(=O)CCN(CC)C(=O)c1cc(C)oc1C. The average molecular weight is 308 g/mol. The molecule has 1 aromatic heterocycles. The zero-order chi connectivity index (χ0) is 16.5. The maximum atomic E-state index is 12.5. The fourth-order valence-corrected chi connectivity index (χ4v) is 2.34. The number of carbonyl (C=O) groups is 2. The number of hydrogen-bond donors (Lipinski definition) is 1. The number of hydrogen-bond acceptors (Lipinski definition) is 3. The van der Waals surface area contributed by atoms with Crippen LogP contribution in [0.1, 0.15) is 61.4 Å². The molecular formula is C17H28N2O3. The molecule has 0 saturated carbocycles. The fraction of sp³-hybridized carbons (Fsp3) is 0.647. The van der Waals surface area contributed by atoms with Crippen LogP contribution in [0.15, 0.2) is 10.5 Å². The number of nitrogens with zero attached hydrogens (tertiary/aromatic N) is 1. The van der Waals surface area contributed by atoms with E-state index in [9.17, 15) is 9.59 Å². The van der Waals surface area contributed by atoms with E-state index in [1.54, 1.807) is 17.9 Å². The Bertz CT molecular complexity index is 494. The normalized spacial score (nSPS) is 10.5. The molecule has 0 aliphatic heterocycles. The molecule has 5 nitrogen and oxygen atoms in total. The van der Waals surface area contributed by atoms with Gasteiger partial charge in [0, 0.05) is 26.1 Å². The lowest BCUT2D eigenvalue weighted by Gasteiger charge is -2.20. The molecule has 0 radical (unpaired) electrons. The zero-order valence-corrected chi connectivity index (χ0v) is 14.2. The minimum absolute atomic E-state index is 0.00227. The van der Waals surface area contributed by atoms with Crippen molar-refractivity contribution in [3.63, 3.8) is 0 Å². The van der Waals surface area contributed by atoms with Crippen LogP contribution in [0.5, 0.6) is 0 Å². The maximum absolute atomic E-state index is 12.5. The first-order valence-corrected chi connectivity index (χ1v) is 8.12. The fourth-order valence-electron chi connectivity index (χ4n) is 2.34. The van der Waals surface area contributed by atoms with E-state index in [2.05, 4.69) is 12.2 Å². The van der Waals surface area contributed by atoms with Crippen LogP contribution in [0.4, 0.5) is 0 Å². The van der Waals surface area contributed by atoms with Crippen molar-refractivity contribution in [1.29, 1.82) is 0 Å². The van der Waals surface area contributed by atoms with Crippen molar-refractivity contribution in [1.82, 2.24) is 10.2 Å². The predicted octanol–water partition coefficient (Wildman–Crippen LogP) is 3.06. The molecule has 22 heavy (non-hydrogen) atoms. The van der Waals surface area contributed by atoms with E-state index < -0.39 is 0 Å². The average Bonchev–Trinajstić information content (AvgIpc) is 2.82. The van der Waals surface area contributed by atoms with Gasteiger partial charge in [-0.3, -0.25) is 9.59 Å². The predicted molar refractivity (Wildman–Crippen MR) is 86.9 cm³/mol. The van der Waals surface area contributed by atoms with Crippen molar-refractivity contribution >= 4 is 11.8 Å². The van der Waals surface area contributed by atoms with Crippen LogP contribution in [0, 0.1) is 13.8 Å². The molecule has 1 heterocycles. The first-order valence-electron chi connectivity index (χ1n) is 8.12. The Labute approximate surface area is 133 Å². The summed E-state index contributed by atoms with van der Waals surface area (Å²) in [7, 11) is 0. The summed E-state index contributed by atoms with van der Waals surface area (Å²) in [6.07, 6.45) is 3.60. The van der Waals surface area contributed by atoms with E-state index in [1.165, 1.54) is 0 Å². The Kier molecular flexibility index (Phi) is 7.71. The summed E-state index contributed by atoms with van der Waals surface area (Å²) < 4.78 is 5.41. The van der Waals surface area contributed by atoms with E-state index in [0.29, 0.717) is 37.4 Å². The molecule has 124 valence electrons. The van der Waals surface area contributed by atoms with Crippen molar-refractivity contribution in [3.05, 3.63) is 23.2 Å². The second-order valence-corrected chi connectivity index (χ2v) is 5.52. The molecule has 2 amide bonds. The Morgan fingerprint density at radius 3 is 2.50 bits per heavy atom. The van der Waals surface area contributed by atoms with E-state index in [-0.39, 0.29) is 11.8 Å². The third-order valence-electron chi connectivity index (χ3n) is 3.65. The van der Waals surface area contributed by atoms with Crippen LogP contribution in [0.2, 0.25) is 0 Å². The van der Waals surface area contributed by atoms with Gasteiger partial charge in [0.15, 0.2) is 0 Å².